The number of hydrogen-bond donors (Lipinski definition) is 2. The van der Waals surface area contributed by atoms with Crippen LogP contribution in [-0.2, 0) is 4.79 Å². The summed E-state index contributed by atoms with van der Waals surface area (Å²) in [6.45, 7) is 5.41. The number of thiazole rings is 1. The zero-order valence-corrected chi connectivity index (χ0v) is 15.2. The van der Waals surface area contributed by atoms with Crippen molar-refractivity contribution < 1.29 is 4.79 Å². The molecular weight excluding hydrogens is 334 g/mol. The molecule has 0 bridgehead atoms. The first-order chi connectivity index (χ1) is 12.3. The van der Waals surface area contributed by atoms with E-state index in [2.05, 4.69) is 34.0 Å². The Hall–Kier alpha value is -1.70. The second kappa shape index (κ2) is 7.68. The lowest BCUT2D eigenvalue weighted by Gasteiger charge is -2.34. The van der Waals surface area contributed by atoms with Gasteiger partial charge < -0.3 is 9.80 Å². The molecule has 1 aromatic carbocycles. The molecule has 1 amide bonds. The molecular formula is C18H25N5OS. The van der Waals surface area contributed by atoms with Gasteiger partial charge in [-0.2, -0.15) is 0 Å². The van der Waals surface area contributed by atoms with E-state index in [0.29, 0.717) is 18.2 Å². The molecule has 0 saturated carbocycles. The summed E-state index contributed by atoms with van der Waals surface area (Å²) in [5, 5.41) is 1.08. The molecule has 2 aliphatic heterocycles. The number of carbonyl (C=O) groups is 1. The van der Waals surface area contributed by atoms with Gasteiger partial charge in [0.25, 0.3) is 0 Å². The molecule has 0 aliphatic carbocycles. The topological polar surface area (TPSA) is 60.5 Å². The van der Waals surface area contributed by atoms with E-state index in [4.69, 9.17) is 4.98 Å². The third-order valence-electron chi connectivity index (χ3n) is 5.09. The zero-order valence-electron chi connectivity index (χ0n) is 14.4. The van der Waals surface area contributed by atoms with Gasteiger partial charge in [0.1, 0.15) is 0 Å². The van der Waals surface area contributed by atoms with Crippen molar-refractivity contribution >= 4 is 32.6 Å². The molecule has 134 valence electrons. The van der Waals surface area contributed by atoms with Gasteiger partial charge in [-0.1, -0.05) is 23.5 Å². The normalized spacial score (nSPS) is 19.0. The van der Waals surface area contributed by atoms with Gasteiger partial charge in [-0.25, -0.2) is 4.98 Å². The van der Waals surface area contributed by atoms with Gasteiger partial charge >= 0.3 is 0 Å². The highest BCUT2D eigenvalue weighted by atomic mass is 32.1. The Morgan fingerprint density at radius 3 is 2.68 bits per heavy atom. The van der Waals surface area contributed by atoms with Crippen LogP contribution in [0.3, 0.4) is 0 Å². The maximum Gasteiger partial charge on any atom is 0.222 e. The van der Waals surface area contributed by atoms with Crippen LogP contribution in [0.1, 0.15) is 19.3 Å². The molecule has 3 heterocycles. The fourth-order valence-corrected chi connectivity index (χ4v) is 4.57. The smallest absolute Gasteiger partial charge is 0.222 e. The highest BCUT2D eigenvalue weighted by Gasteiger charge is 2.23. The predicted molar refractivity (Wildman–Crippen MR) is 102 cm³/mol. The second-order valence-electron chi connectivity index (χ2n) is 6.85. The van der Waals surface area contributed by atoms with Gasteiger partial charge in [0, 0.05) is 45.7 Å². The summed E-state index contributed by atoms with van der Waals surface area (Å²) in [5.41, 5.74) is 7.36. The van der Waals surface area contributed by atoms with Gasteiger partial charge in [-0.05, 0) is 30.9 Å². The Morgan fingerprint density at radius 1 is 1.16 bits per heavy atom. The molecule has 2 aromatic rings. The van der Waals surface area contributed by atoms with Crippen molar-refractivity contribution in [1.29, 1.82) is 0 Å². The van der Waals surface area contributed by atoms with Gasteiger partial charge in [0.05, 0.1) is 10.2 Å². The summed E-state index contributed by atoms with van der Waals surface area (Å²) in [5.74, 6) is 0.978. The molecule has 2 N–H and O–H groups in total. The first kappa shape index (κ1) is 16.8. The fraction of sp³-hybridized carbons (Fsp3) is 0.556. The average molecular weight is 359 g/mol. The molecule has 25 heavy (non-hydrogen) atoms. The Labute approximate surface area is 152 Å². The van der Waals surface area contributed by atoms with Crippen molar-refractivity contribution in [2.75, 3.05) is 44.2 Å². The average Bonchev–Trinajstić information content (AvgIpc) is 3.31. The number of anilines is 1. The molecule has 2 aliphatic rings. The second-order valence-corrected chi connectivity index (χ2v) is 7.86. The minimum atomic E-state index is 0.308. The number of amides is 1. The number of carbonyl (C=O) groups excluding carboxylic acids is 1. The van der Waals surface area contributed by atoms with Crippen LogP contribution in [0.5, 0.6) is 0 Å². The lowest BCUT2D eigenvalue weighted by Crippen LogP contribution is -2.48. The third-order valence-corrected chi connectivity index (χ3v) is 6.19. The molecule has 0 spiro atoms. The zero-order chi connectivity index (χ0) is 17.1. The molecule has 2 fully saturated rings. The number of para-hydroxylation sites is 1. The number of hydrogen-bond acceptors (Lipinski definition) is 6. The van der Waals surface area contributed by atoms with Crippen LogP contribution < -0.4 is 15.8 Å². The van der Waals surface area contributed by atoms with Crippen LogP contribution in [0.4, 0.5) is 5.13 Å². The summed E-state index contributed by atoms with van der Waals surface area (Å²) < 4.78 is 1.23. The van der Waals surface area contributed by atoms with E-state index in [-0.39, 0.29) is 0 Å². The Kier molecular flexibility index (Phi) is 5.14. The summed E-state index contributed by atoms with van der Waals surface area (Å²) in [4.78, 5) is 21.5. The van der Waals surface area contributed by atoms with E-state index in [1.807, 2.05) is 11.0 Å². The number of nitrogens with one attached hydrogen (secondary N) is 2. The molecule has 7 heteroatoms. The van der Waals surface area contributed by atoms with Gasteiger partial charge in [0.2, 0.25) is 5.91 Å². The number of rotatable bonds is 5. The number of hydrazine groups is 1. The summed E-state index contributed by atoms with van der Waals surface area (Å²) in [6, 6.07) is 8.26. The summed E-state index contributed by atoms with van der Waals surface area (Å²) in [6.07, 6.45) is 2.79. The van der Waals surface area contributed by atoms with Crippen molar-refractivity contribution in [3.05, 3.63) is 24.3 Å². The van der Waals surface area contributed by atoms with Crippen molar-refractivity contribution in [3.8, 4) is 0 Å². The molecule has 0 unspecified atom stereocenters. The first-order valence-electron chi connectivity index (χ1n) is 9.13. The number of benzene rings is 1. The standard InChI is InChI=1S/C18H25N5OS/c24-17(7-3-4-14-12-19-20-13-14)22-8-10-23(11-9-22)18-21-15-5-1-2-6-16(15)25-18/h1-2,5-6,14,19-20H,3-4,7-13H2. The van der Waals surface area contributed by atoms with Crippen molar-refractivity contribution in [2.24, 2.45) is 5.92 Å². The van der Waals surface area contributed by atoms with E-state index in [1.165, 1.54) is 4.70 Å². The summed E-state index contributed by atoms with van der Waals surface area (Å²) >= 11 is 1.74. The van der Waals surface area contributed by atoms with Crippen LogP contribution in [0.2, 0.25) is 0 Å². The van der Waals surface area contributed by atoms with Crippen molar-refractivity contribution in [1.82, 2.24) is 20.7 Å². The number of aromatic nitrogens is 1. The van der Waals surface area contributed by atoms with Crippen molar-refractivity contribution in [3.63, 3.8) is 0 Å². The van der Waals surface area contributed by atoms with E-state index < -0.39 is 0 Å². The van der Waals surface area contributed by atoms with Crippen LogP contribution in [-0.4, -0.2) is 55.1 Å². The van der Waals surface area contributed by atoms with E-state index in [1.54, 1.807) is 11.3 Å². The first-order valence-corrected chi connectivity index (χ1v) is 9.95. The molecule has 0 atom stereocenters. The monoisotopic (exact) mass is 359 g/mol. The highest BCUT2D eigenvalue weighted by molar-refractivity contribution is 7.22. The minimum Gasteiger partial charge on any atom is -0.345 e. The van der Waals surface area contributed by atoms with E-state index >= 15 is 0 Å². The Morgan fingerprint density at radius 2 is 1.92 bits per heavy atom. The molecule has 6 nitrogen and oxygen atoms in total. The minimum absolute atomic E-state index is 0.308. The fourth-order valence-electron chi connectivity index (χ4n) is 3.55. The van der Waals surface area contributed by atoms with Crippen LogP contribution in [0, 0.1) is 5.92 Å². The largest absolute Gasteiger partial charge is 0.345 e. The predicted octanol–water partition coefficient (Wildman–Crippen LogP) is 1.84. The molecule has 1 aromatic heterocycles. The SMILES string of the molecule is O=C(CCCC1CNNC1)N1CCN(c2nc3ccccc3s2)CC1. The van der Waals surface area contributed by atoms with Crippen LogP contribution in [0.25, 0.3) is 10.2 Å². The van der Waals surface area contributed by atoms with Crippen LogP contribution in [0.15, 0.2) is 24.3 Å². The van der Waals surface area contributed by atoms with Gasteiger partial charge in [0.15, 0.2) is 5.13 Å². The lowest BCUT2D eigenvalue weighted by atomic mass is 10.0. The lowest BCUT2D eigenvalue weighted by molar-refractivity contribution is -0.131. The Bertz CT molecular complexity index is 686. The molecule has 0 radical (unpaired) electrons. The third kappa shape index (κ3) is 3.94. The van der Waals surface area contributed by atoms with Crippen LogP contribution >= 0.6 is 11.3 Å². The summed E-state index contributed by atoms with van der Waals surface area (Å²) in [7, 11) is 0. The maximum atomic E-state index is 12.4. The highest BCUT2D eigenvalue weighted by Crippen LogP contribution is 2.29. The molecule has 4 rings (SSSR count). The number of nitrogens with zero attached hydrogens (tertiary/aromatic N) is 3. The van der Waals surface area contributed by atoms with E-state index in [9.17, 15) is 4.79 Å². The number of fused-ring (bicyclic) bond motifs is 1. The number of piperazine rings is 1. The van der Waals surface area contributed by atoms with Gasteiger partial charge in [-0.3, -0.25) is 15.6 Å². The Balaban J connectivity index is 1.25. The maximum absolute atomic E-state index is 12.4. The quantitative estimate of drug-likeness (QED) is 0.853. The van der Waals surface area contributed by atoms with E-state index in [0.717, 1.165) is 62.8 Å². The van der Waals surface area contributed by atoms with Crippen molar-refractivity contribution in [2.45, 2.75) is 19.3 Å². The molecule has 2 saturated heterocycles. The van der Waals surface area contributed by atoms with Gasteiger partial charge in [-0.15, -0.1) is 0 Å².